The number of aryl methyl sites for hydroxylation is 2. The highest BCUT2D eigenvalue weighted by atomic mass is 79.9. The fourth-order valence-corrected chi connectivity index (χ4v) is 1.90. The van der Waals surface area contributed by atoms with E-state index in [2.05, 4.69) is 25.9 Å². The van der Waals surface area contributed by atoms with Crippen molar-refractivity contribution in [3.63, 3.8) is 0 Å². The normalized spacial score (nSPS) is 10.5. The van der Waals surface area contributed by atoms with Gasteiger partial charge in [0.05, 0.1) is 0 Å². The van der Waals surface area contributed by atoms with Gasteiger partial charge in [0.15, 0.2) is 0 Å². The molecule has 0 amide bonds. The van der Waals surface area contributed by atoms with Crippen molar-refractivity contribution < 1.29 is 0 Å². The molecule has 17 heavy (non-hydrogen) atoms. The first kappa shape index (κ1) is 12.0. The van der Waals surface area contributed by atoms with Crippen LogP contribution in [0.4, 0.5) is 0 Å². The molecule has 5 heteroatoms. The predicted octanol–water partition coefficient (Wildman–Crippen LogP) is 1.95. The molecule has 0 bridgehead atoms. The highest BCUT2D eigenvalue weighted by Crippen LogP contribution is 2.03. The third-order valence-electron chi connectivity index (χ3n) is 2.52. The van der Waals surface area contributed by atoms with Crippen molar-refractivity contribution in [3.8, 4) is 0 Å². The zero-order chi connectivity index (χ0) is 12.3. The van der Waals surface area contributed by atoms with E-state index in [1.807, 2.05) is 25.1 Å². The Morgan fingerprint density at radius 2 is 2.18 bits per heavy atom. The number of hydrogen-bond acceptors (Lipinski definition) is 3. The van der Waals surface area contributed by atoms with E-state index in [-0.39, 0.29) is 5.56 Å². The van der Waals surface area contributed by atoms with Crippen molar-refractivity contribution in [2.75, 3.05) is 0 Å². The third-order valence-corrected chi connectivity index (χ3v) is 3.07. The summed E-state index contributed by atoms with van der Waals surface area (Å²) in [6, 6.07) is 5.77. The fourth-order valence-electron chi connectivity index (χ4n) is 1.59. The molecule has 2 heterocycles. The van der Waals surface area contributed by atoms with Crippen molar-refractivity contribution in [3.05, 3.63) is 56.9 Å². The zero-order valence-corrected chi connectivity index (χ0v) is 11.0. The Bertz CT molecular complexity index is 566. The van der Waals surface area contributed by atoms with E-state index in [1.165, 1.54) is 6.20 Å². The molecule has 0 aliphatic carbocycles. The number of nitrogens with zero attached hydrogens (tertiary/aromatic N) is 3. The van der Waals surface area contributed by atoms with Gasteiger partial charge in [-0.15, -0.1) is 0 Å². The average molecular weight is 294 g/mol. The van der Waals surface area contributed by atoms with Crippen LogP contribution in [-0.4, -0.2) is 14.5 Å². The highest BCUT2D eigenvalue weighted by Gasteiger charge is 2.05. The molecule has 0 unspecified atom stereocenters. The Morgan fingerprint density at radius 3 is 2.88 bits per heavy atom. The van der Waals surface area contributed by atoms with E-state index in [0.29, 0.717) is 16.8 Å². The molecule has 0 fully saturated rings. The largest absolute Gasteiger partial charge is 0.296 e. The van der Waals surface area contributed by atoms with Gasteiger partial charge in [-0.25, -0.2) is 4.98 Å². The SMILES string of the molecule is Cc1ncc(Br)c(=O)n1CCc1ccccn1. The first-order valence-electron chi connectivity index (χ1n) is 5.30. The molecule has 2 rings (SSSR count). The predicted molar refractivity (Wildman–Crippen MR) is 68.9 cm³/mol. The Balaban J connectivity index is 2.20. The first-order valence-corrected chi connectivity index (χ1v) is 6.09. The summed E-state index contributed by atoms with van der Waals surface area (Å²) in [4.78, 5) is 20.2. The molecular weight excluding hydrogens is 282 g/mol. The average Bonchev–Trinajstić information content (AvgIpc) is 2.35. The van der Waals surface area contributed by atoms with Gasteiger partial charge in [0, 0.05) is 31.1 Å². The minimum atomic E-state index is -0.0477. The number of rotatable bonds is 3. The standard InChI is InChI=1S/C12H12BrN3O/c1-9-15-8-11(13)12(17)16(9)7-5-10-4-2-3-6-14-10/h2-4,6,8H,5,7H2,1H3. The number of aromatic nitrogens is 3. The molecule has 0 atom stereocenters. The van der Waals surface area contributed by atoms with E-state index < -0.39 is 0 Å². The summed E-state index contributed by atoms with van der Waals surface area (Å²) in [5, 5.41) is 0. The lowest BCUT2D eigenvalue weighted by Gasteiger charge is -2.08. The van der Waals surface area contributed by atoms with Crippen molar-refractivity contribution in [1.29, 1.82) is 0 Å². The summed E-state index contributed by atoms with van der Waals surface area (Å²) in [6.45, 7) is 2.42. The third kappa shape index (κ3) is 2.79. The molecule has 0 radical (unpaired) electrons. The smallest absolute Gasteiger partial charge is 0.267 e. The van der Waals surface area contributed by atoms with Crippen LogP contribution in [0.25, 0.3) is 0 Å². The van der Waals surface area contributed by atoms with E-state index in [9.17, 15) is 4.79 Å². The van der Waals surface area contributed by atoms with Crippen LogP contribution >= 0.6 is 15.9 Å². The molecule has 0 aliphatic rings. The fraction of sp³-hybridized carbons (Fsp3) is 0.250. The van der Waals surface area contributed by atoms with Crippen LogP contribution in [0.5, 0.6) is 0 Å². The van der Waals surface area contributed by atoms with Gasteiger partial charge < -0.3 is 0 Å². The maximum absolute atomic E-state index is 11.9. The van der Waals surface area contributed by atoms with Crippen LogP contribution in [0.2, 0.25) is 0 Å². The monoisotopic (exact) mass is 293 g/mol. The maximum Gasteiger partial charge on any atom is 0.267 e. The maximum atomic E-state index is 11.9. The molecule has 0 saturated carbocycles. The van der Waals surface area contributed by atoms with Crippen LogP contribution in [0.15, 0.2) is 39.9 Å². The van der Waals surface area contributed by atoms with Gasteiger partial charge >= 0.3 is 0 Å². The van der Waals surface area contributed by atoms with Gasteiger partial charge in [-0.05, 0) is 35.0 Å². The molecule has 0 saturated heterocycles. The van der Waals surface area contributed by atoms with Crippen LogP contribution in [-0.2, 0) is 13.0 Å². The molecule has 4 nitrogen and oxygen atoms in total. The topological polar surface area (TPSA) is 47.8 Å². The quantitative estimate of drug-likeness (QED) is 0.869. The molecule has 0 spiro atoms. The van der Waals surface area contributed by atoms with Crippen LogP contribution < -0.4 is 5.56 Å². The van der Waals surface area contributed by atoms with E-state index >= 15 is 0 Å². The summed E-state index contributed by atoms with van der Waals surface area (Å²) in [5.41, 5.74) is 0.923. The van der Waals surface area contributed by atoms with Gasteiger partial charge in [-0.1, -0.05) is 6.07 Å². The van der Waals surface area contributed by atoms with Crippen molar-refractivity contribution in [2.24, 2.45) is 0 Å². The molecular formula is C12H12BrN3O. The summed E-state index contributed by atoms with van der Waals surface area (Å²) >= 11 is 3.19. The molecule has 2 aromatic heterocycles. The molecule has 2 aromatic rings. The van der Waals surface area contributed by atoms with Crippen molar-refractivity contribution in [1.82, 2.24) is 14.5 Å². The Kier molecular flexibility index (Phi) is 3.68. The van der Waals surface area contributed by atoms with Crippen molar-refractivity contribution >= 4 is 15.9 Å². The Hall–Kier alpha value is -1.49. The summed E-state index contributed by atoms with van der Waals surface area (Å²) in [7, 11) is 0. The lowest BCUT2D eigenvalue weighted by molar-refractivity contribution is 0.620. The number of halogens is 1. The van der Waals surface area contributed by atoms with E-state index in [0.717, 1.165) is 12.1 Å². The second kappa shape index (κ2) is 5.23. The number of hydrogen-bond donors (Lipinski definition) is 0. The molecule has 88 valence electrons. The van der Waals surface area contributed by atoms with Gasteiger partial charge in [-0.3, -0.25) is 14.3 Å². The minimum absolute atomic E-state index is 0.0477. The van der Waals surface area contributed by atoms with Gasteiger partial charge in [-0.2, -0.15) is 0 Å². The van der Waals surface area contributed by atoms with Gasteiger partial charge in [0.2, 0.25) is 0 Å². The van der Waals surface area contributed by atoms with Crippen LogP contribution in [0, 0.1) is 6.92 Å². The van der Waals surface area contributed by atoms with E-state index in [1.54, 1.807) is 10.8 Å². The van der Waals surface area contributed by atoms with Crippen molar-refractivity contribution in [2.45, 2.75) is 19.9 Å². The van der Waals surface area contributed by atoms with Gasteiger partial charge in [0.25, 0.3) is 5.56 Å². The Morgan fingerprint density at radius 1 is 1.35 bits per heavy atom. The van der Waals surface area contributed by atoms with Crippen LogP contribution in [0.1, 0.15) is 11.5 Å². The number of pyridine rings is 1. The van der Waals surface area contributed by atoms with E-state index in [4.69, 9.17) is 0 Å². The second-order valence-corrected chi connectivity index (χ2v) is 4.54. The molecule has 0 aromatic carbocycles. The zero-order valence-electron chi connectivity index (χ0n) is 9.43. The summed E-state index contributed by atoms with van der Waals surface area (Å²) in [5.74, 6) is 0.717. The van der Waals surface area contributed by atoms with Gasteiger partial charge in [0.1, 0.15) is 10.3 Å². The highest BCUT2D eigenvalue weighted by molar-refractivity contribution is 9.10. The second-order valence-electron chi connectivity index (χ2n) is 3.68. The summed E-state index contributed by atoms with van der Waals surface area (Å²) < 4.78 is 2.14. The summed E-state index contributed by atoms with van der Waals surface area (Å²) in [6.07, 6.45) is 4.01. The first-order chi connectivity index (χ1) is 8.18. The molecule has 0 aliphatic heterocycles. The lowest BCUT2D eigenvalue weighted by atomic mass is 10.2. The minimum Gasteiger partial charge on any atom is -0.296 e. The molecule has 0 N–H and O–H groups in total. The lowest BCUT2D eigenvalue weighted by Crippen LogP contribution is -2.25. The van der Waals surface area contributed by atoms with Crippen LogP contribution in [0.3, 0.4) is 0 Å². The Labute approximate surface area is 107 Å².